The third-order valence-corrected chi connectivity index (χ3v) is 4.99. The topological polar surface area (TPSA) is 36.1 Å². The molecule has 3 aliphatic rings. The van der Waals surface area contributed by atoms with Gasteiger partial charge in [-0.25, -0.2) is 0 Å². The Morgan fingerprint density at radius 3 is 3.00 bits per heavy atom. The highest BCUT2D eigenvalue weighted by Gasteiger charge is 2.39. The summed E-state index contributed by atoms with van der Waals surface area (Å²) in [5.41, 5.74) is 2.58. The quantitative estimate of drug-likeness (QED) is 0.929. The molecule has 5 rings (SSSR count). The van der Waals surface area contributed by atoms with Gasteiger partial charge in [-0.2, -0.15) is 0 Å². The van der Waals surface area contributed by atoms with Crippen molar-refractivity contribution < 1.29 is 4.79 Å². The molecule has 1 N–H and O–H groups in total. The van der Waals surface area contributed by atoms with E-state index in [1.165, 1.54) is 22.9 Å². The molecule has 3 nitrogen and oxygen atoms in total. The van der Waals surface area contributed by atoms with Gasteiger partial charge in [-0.15, -0.1) is 0 Å². The van der Waals surface area contributed by atoms with Crippen LogP contribution >= 0.6 is 0 Å². The minimum Gasteiger partial charge on any atom is -0.361 e. The Kier molecular flexibility index (Phi) is 2.88. The number of nitrogens with zero attached hydrogens (tertiary/aromatic N) is 1. The zero-order valence-electron chi connectivity index (χ0n) is 11.6. The van der Waals surface area contributed by atoms with E-state index in [9.17, 15) is 4.79 Å². The minimum atomic E-state index is 0.213. The molecule has 3 heteroatoms. The molecule has 3 heterocycles. The summed E-state index contributed by atoms with van der Waals surface area (Å²) in [7, 11) is 0. The van der Waals surface area contributed by atoms with E-state index < -0.39 is 0 Å². The van der Waals surface area contributed by atoms with Crippen molar-refractivity contribution in [3.05, 3.63) is 36.0 Å². The number of H-pyrrole nitrogens is 1. The van der Waals surface area contributed by atoms with Gasteiger partial charge in [0.05, 0.1) is 6.04 Å². The fraction of sp³-hybridized carbons (Fsp3) is 0.471. The number of piperidine rings is 2. The molecule has 0 spiro atoms. The number of hydrogen-bond donors (Lipinski definition) is 1. The van der Waals surface area contributed by atoms with E-state index in [0.717, 1.165) is 32.4 Å². The Balaban J connectivity index is 1.49. The lowest BCUT2D eigenvalue weighted by Gasteiger charge is -2.44. The van der Waals surface area contributed by atoms with E-state index in [4.69, 9.17) is 0 Å². The third-order valence-electron chi connectivity index (χ3n) is 4.99. The Labute approximate surface area is 119 Å². The van der Waals surface area contributed by atoms with Crippen LogP contribution in [0, 0.1) is 5.92 Å². The fourth-order valence-electron chi connectivity index (χ4n) is 3.93. The molecular weight excluding hydrogens is 248 g/mol. The molecule has 2 aromatic rings. The van der Waals surface area contributed by atoms with E-state index in [2.05, 4.69) is 40.3 Å². The molecule has 2 bridgehead atoms. The number of benzene rings is 1. The van der Waals surface area contributed by atoms with Crippen LogP contribution in [0.2, 0.25) is 0 Å². The van der Waals surface area contributed by atoms with Gasteiger partial charge in [0.2, 0.25) is 0 Å². The van der Waals surface area contributed by atoms with Crippen LogP contribution < -0.4 is 0 Å². The Hall–Kier alpha value is -1.61. The number of aromatic amines is 1. The number of fused-ring (bicyclic) bond motifs is 4. The molecule has 104 valence electrons. The van der Waals surface area contributed by atoms with Crippen LogP contribution in [-0.2, 0) is 11.2 Å². The van der Waals surface area contributed by atoms with Crippen LogP contribution in [0.5, 0.6) is 0 Å². The first-order valence-electron chi connectivity index (χ1n) is 7.63. The van der Waals surface area contributed by atoms with Crippen molar-refractivity contribution in [3.63, 3.8) is 0 Å². The fourth-order valence-corrected chi connectivity index (χ4v) is 3.93. The number of hydrogen-bond acceptors (Lipinski definition) is 2. The molecule has 3 fully saturated rings. The van der Waals surface area contributed by atoms with Crippen LogP contribution in [0.3, 0.4) is 0 Å². The molecule has 20 heavy (non-hydrogen) atoms. The first-order valence-corrected chi connectivity index (χ1v) is 7.63. The predicted molar refractivity (Wildman–Crippen MR) is 79.7 cm³/mol. The number of carbonyl (C=O) groups excluding carboxylic acids is 1. The van der Waals surface area contributed by atoms with Crippen molar-refractivity contribution in [1.29, 1.82) is 0 Å². The number of para-hydroxylation sites is 1. The lowest BCUT2D eigenvalue weighted by molar-refractivity contribution is -0.133. The summed E-state index contributed by atoms with van der Waals surface area (Å²) >= 11 is 0. The summed E-state index contributed by atoms with van der Waals surface area (Å²) in [6, 6.07) is 8.65. The molecule has 0 amide bonds. The van der Waals surface area contributed by atoms with Crippen LogP contribution in [0.4, 0.5) is 0 Å². The number of carbonyl (C=O) groups is 1. The minimum absolute atomic E-state index is 0.213. The van der Waals surface area contributed by atoms with Gasteiger partial charge in [0.25, 0.3) is 0 Å². The molecule has 2 atom stereocenters. The lowest BCUT2D eigenvalue weighted by Crippen LogP contribution is -2.53. The highest BCUT2D eigenvalue weighted by atomic mass is 16.1. The van der Waals surface area contributed by atoms with Crippen LogP contribution in [0.15, 0.2) is 30.5 Å². The monoisotopic (exact) mass is 268 g/mol. The smallest absolute Gasteiger partial charge is 0.150 e. The first-order chi connectivity index (χ1) is 9.81. The molecule has 2 unspecified atom stereocenters. The molecule has 1 aliphatic carbocycles. The Morgan fingerprint density at radius 2 is 2.15 bits per heavy atom. The maximum atomic E-state index is 12.0. The molecule has 1 saturated carbocycles. The summed E-state index contributed by atoms with van der Waals surface area (Å²) in [5.74, 6) is 1.10. The van der Waals surface area contributed by atoms with E-state index in [0.29, 0.717) is 11.7 Å². The van der Waals surface area contributed by atoms with E-state index in [-0.39, 0.29) is 6.04 Å². The van der Waals surface area contributed by atoms with Crippen molar-refractivity contribution in [2.24, 2.45) is 5.92 Å². The number of Topliss-reactive ketones (excluding diaryl/α,β-unsaturated/α-hetero) is 1. The number of rotatable bonds is 3. The zero-order valence-corrected chi connectivity index (χ0v) is 11.6. The normalized spacial score (nSPS) is 26.5. The predicted octanol–water partition coefficient (Wildman–Crippen LogP) is 2.76. The SMILES string of the molecule is O=C1CC2CCC1N(CCc1c[nH]c3ccccc13)C2. The van der Waals surface area contributed by atoms with Gasteiger partial charge in [0.15, 0.2) is 0 Å². The van der Waals surface area contributed by atoms with E-state index in [1.807, 2.05) is 0 Å². The molecular formula is C17H20N2O. The highest BCUT2D eigenvalue weighted by molar-refractivity contribution is 5.86. The first kappa shape index (κ1) is 12.2. The van der Waals surface area contributed by atoms with Gasteiger partial charge < -0.3 is 4.98 Å². The molecule has 1 aromatic heterocycles. The van der Waals surface area contributed by atoms with Crippen LogP contribution in [0.25, 0.3) is 10.9 Å². The summed E-state index contributed by atoms with van der Waals surface area (Å²) in [5, 5.41) is 1.32. The van der Waals surface area contributed by atoms with Crippen molar-refractivity contribution in [3.8, 4) is 0 Å². The summed E-state index contributed by atoms with van der Waals surface area (Å²) in [6.07, 6.45) is 6.31. The summed E-state index contributed by atoms with van der Waals surface area (Å²) in [6.45, 7) is 2.13. The summed E-state index contributed by atoms with van der Waals surface area (Å²) in [4.78, 5) is 17.7. The maximum Gasteiger partial charge on any atom is 0.150 e. The molecule has 2 saturated heterocycles. The largest absolute Gasteiger partial charge is 0.361 e. The number of nitrogens with one attached hydrogen (secondary N) is 1. The standard InChI is InChI=1S/C17H20N2O/c20-17-9-12-5-6-16(17)19(11-12)8-7-13-10-18-15-4-2-1-3-14(13)15/h1-4,10,12,16,18H,5-9,11H2. The van der Waals surface area contributed by atoms with Gasteiger partial charge in [0, 0.05) is 36.6 Å². The Morgan fingerprint density at radius 1 is 1.25 bits per heavy atom. The third kappa shape index (κ3) is 1.97. The summed E-state index contributed by atoms with van der Waals surface area (Å²) < 4.78 is 0. The van der Waals surface area contributed by atoms with Gasteiger partial charge in [0.1, 0.15) is 5.78 Å². The molecule has 2 aliphatic heterocycles. The lowest BCUT2D eigenvalue weighted by atomic mass is 9.79. The Bertz CT molecular complexity index is 645. The average molecular weight is 268 g/mol. The van der Waals surface area contributed by atoms with Crippen molar-refractivity contribution in [2.45, 2.75) is 31.7 Å². The molecule has 1 aromatic carbocycles. The molecule has 0 radical (unpaired) electrons. The van der Waals surface area contributed by atoms with Gasteiger partial charge in [-0.05, 0) is 36.8 Å². The van der Waals surface area contributed by atoms with Gasteiger partial charge >= 0.3 is 0 Å². The van der Waals surface area contributed by atoms with Crippen molar-refractivity contribution in [2.75, 3.05) is 13.1 Å². The van der Waals surface area contributed by atoms with Gasteiger partial charge in [-0.1, -0.05) is 18.2 Å². The van der Waals surface area contributed by atoms with E-state index in [1.54, 1.807) is 0 Å². The van der Waals surface area contributed by atoms with Gasteiger partial charge in [-0.3, -0.25) is 9.69 Å². The number of aromatic nitrogens is 1. The second-order valence-corrected chi connectivity index (χ2v) is 6.23. The van der Waals surface area contributed by atoms with Crippen LogP contribution in [-0.4, -0.2) is 34.8 Å². The zero-order chi connectivity index (χ0) is 13.5. The maximum absolute atomic E-state index is 12.0. The van der Waals surface area contributed by atoms with E-state index >= 15 is 0 Å². The van der Waals surface area contributed by atoms with Crippen LogP contribution in [0.1, 0.15) is 24.8 Å². The average Bonchev–Trinajstić information content (AvgIpc) is 2.89. The van der Waals surface area contributed by atoms with Crippen molar-refractivity contribution >= 4 is 16.7 Å². The van der Waals surface area contributed by atoms with Crippen molar-refractivity contribution in [1.82, 2.24) is 9.88 Å². The second-order valence-electron chi connectivity index (χ2n) is 6.23. The highest BCUT2D eigenvalue weighted by Crippen LogP contribution is 2.32. The second kappa shape index (κ2) is 4.74. The number of ketones is 1.